The minimum absolute atomic E-state index is 0.232. The summed E-state index contributed by atoms with van der Waals surface area (Å²) in [6, 6.07) is 6.94. The number of anilines is 1. The second-order valence-corrected chi connectivity index (χ2v) is 3.41. The first kappa shape index (κ1) is 13.0. The van der Waals surface area contributed by atoms with Crippen LogP contribution in [0, 0.1) is 0 Å². The van der Waals surface area contributed by atoms with Gasteiger partial charge in [-0.2, -0.15) is 0 Å². The predicted octanol–water partition coefficient (Wildman–Crippen LogP) is 1.93. The Hall–Kier alpha value is -2.04. The highest BCUT2D eigenvalue weighted by Crippen LogP contribution is 2.15. The molecule has 0 aliphatic rings. The summed E-state index contributed by atoms with van der Waals surface area (Å²) in [6.45, 7) is 3.83. The van der Waals surface area contributed by atoms with E-state index in [0.29, 0.717) is 12.3 Å². The van der Waals surface area contributed by atoms with Crippen LogP contribution in [-0.2, 0) is 14.4 Å². The Morgan fingerprint density at radius 2 is 1.88 bits per heavy atom. The van der Waals surface area contributed by atoms with Crippen LogP contribution in [0.3, 0.4) is 0 Å². The number of carbonyl (C=O) groups excluding carboxylic acids is 2. The van der Waals surface area contributed by atoms with Crippen molar-refractivity contribution in [3.05, 3.63) is 24.3 Å². The van der Waals surface area contributed by atoms with E-state index in [2.05, 4.69) is 10.3 Å². The lowest BCUT2D eigenvalue weighted by Gasteiger charge is -2.07. The summed E-state index contributed by atoms with van der Waals surface area (Å²) in [5, 5.41) is 0. The molecular weight excluding hydrogens is 222 g/mol. The molecule has 5 heteroatoms. The quantitative estimate of drug-likeness (QED) is 0.605. The second-order valence-electron chi connectivity index (χ2n) is 3.41. The monoisotopic (exact) mass is 237 g/mol. The topological polar surface area (TPSA) is 64.6 Å². The Labute approximate surface area is 99.7 Å². The minimum Gasteiger partial charge on any atom is -0.494 e. The fraction of sp³-hybridized carbons (Fsp3) is 0.333. The maximum Gasteiger partial charge on any atom is 0.339 e. The third-order valence-corrected chi connectivity index (χ3v) is 1.84. The summed E-state index contributed by atoms with van der Waals surface area (Å²) in [5.41, 5.74) is 3.08. The molecule has 1 N–H and O–H groups in total. The number of hydrogen-bond acceptors (Lipinski definition) is 5. The van der Waals surface area contributed by atoms with E-state index in [1.165, 1.54) is 6.92 Å². The maximum atomic E-state index is 11.1. The maximum absolute atomic E-state index is 11.1. The number of hydrogen-bond donors (Lipinski definition) is 1. The number of rotatable bonds is 6. The molecule has 0 spiro atoms. The predicted molar refractivity (Wildman–Crippen MR) is 62.6 cm³/mol. The molecule has 17 heavy (non-hydrogen) atoms. The van der Waals surface area contributed by atoms with Crippen LogP contribution in [0.25, 0.3) is 0 Å². The van der Waals surface area contributed by atoms with Crippen LogP contribution >= 0.6 is 0 Å². The fourth-order valence-corrected chi connectivity index (χ4v) is 1.14. The molecule has 0 amide bonds. The summed E-state index contributed by atoms with van der Waals surface area (Å²) in [5.74, 6) is -0.0945. The third-order valence-electron chi connectivity index (χ3n) is 1.84. The normalized spacial score (nSPS) is 9.53. The summed E-state index contributed by atoms with van der Waals surface area (Å²) in [4.78, 5) is 26.4. The van der Waals surface area contributed by atoms with Crippen LogP contribution in [-0.4, -0.2) is 18.4 Å². The number of ether oxygens (including phenoxy) is 1. The Morgan fingerprint density at radius 1 is 1.24 bits per heavy atom. The van der Waals surface area contributed by atoms with Gasteiger partial charge in [-0.1, -0.05) is 0 Å². The molecule has 92 valence electrons. The largest absolute Gasteiger partial charge is 0.494 e. The second kappa shape index (κ2) is 6.52. The Kier molecular flexibility index (Phi) is 5.00. The number of carbonyl (C=O) groups is 2. The molecule has 0 fully saturated rings. The van der Waals surface area contributed by atoms with Gasteiger partial charge in [-0.25, -0.2) is 10.3 Å². The molecule has 0 aromatic heterocycles. The van der Waals surface area contributed by atoms with E-state index in [4.69, 9.17) is 4.74 Å². The highest BCUT2D eigenvalue weighted by molar-refractivity contribution is 5.94. The van der Waals surface area contributed by atoms with Gasteiger partial charge in [0.15, 0.2) is 0 Å². The van der Waals surface area contributed by atoms with Gasteiger partial charge in [0.1, 0.15) is 18.0 Å². The minimum atomic E-state index is -0.605. The SMILES string of the molecule is CCOc1ccc(NOC(=O)CC(C)=O)cc1. The van der Waals surface area contributed by atoms with E-state index in [1.807, 2.05) is 6.92 Å². The molecule has 0 saturated heterocycles. The van der Waals surface area contributed by atoms with Crippen molar-refractivity contribution in [3.8, 4) is 5.75 Å². The lowest BCUT2D eigenvalue weighted by Crippen LogP contribution is -2.13. The van der Waals surface area contributed by atoms with Crippen LogP contribution < -0.4 is 10.2 Å². The van der Waals surface area contributed by atoms with Crippen LogP contribution in [0.1, 0.15) is 20.3 Å². The zero-order valence-corrected chi connectivity index (χ0v) is 9.86. The molecule has 0 radical (unpaired) electrons. The lowest BCUT2D eigenvalue weighted by molar-refractivity contribution is -0.143. The molecule has 0 atom stereocenters. The van der Waals surface area contributed by atoms with Crippen molar-refractivity contribution in [3.63, 3.8) is 0 Å². The van der Waals surface area contributed by atoms with Gasteiger partial charge < -0.3 is 9.57 Å². The molecule has 1 rings (SSSR count). The number of ketones is 1. The zero-order valence-electron chi connectivity index (χ0n) is 9.86. The molecule has 1 aromatic rings. The van der Waals surface area contributed by atoms with Crippen molar-refractivity contribution in [1.82, 2.24) is 0 Å². The van der Waals surface area contributed by atoms with E-state index >= 15 is 0 Å². The van der Waals surface area contributed by atoms with Crippen molar-refractivity contribution in [2.75, 3.05) is 12.1 Å². The molecule has 1 aromatic carbocycles. The van der Waals surface area contributed by atoms with Gasteiger partial charge in [0.2, 0.25) is 0 Å². The third kappa shape index (κ3) is 5.01. The first-order valence-corrected chi connectivity index (χ1v) is 5.29. The van der Waals surface area contributed by atoms with Crippen molar-refractivity contribution in [2.24, 2.45) is 0 Å². The highest BCUT2D eigenvalue weighted by atomic mass is 16.7. The van der Waals surface area contributed by atoms with E-state index in [1.54, 1.807) is 24.3 Å². The number of benzene rings is 1. The van der Waals surface area contributed by atoms with Gasteiger partial charge in [0.25, 0.3) is 0 Å². The average molecular weight is 237 g/mol. The lowest BCUT2D eigenvalue weighted by atomic mass is 10.3. The van der Waals surface area contributed by atoms with E-state index in [-0.39, 0.29) is 12.2 Å². The number of Topliss-reactive ketones (excluding diaryl/α,β-unsaturated/α-hetero) is 1. The van der Waals surface area contributed by atoms with Gasteiger partial charge in [0, 0.05) is 0 Å². The smallest absolute Gasteiger partial charge is 0.339 e. The molecular formula is C12H15NO4. The van der Waals surface area contributed by atoms with Gasteiger partial charge in [0.05, 0.1) is 12.3 Å². The summed E-state index contributed by atoms with van der Waals surface area (Å²) >= 11 is 0. The molecule has 0 aliphatic carbocycles. The van der Waals surface area contributed by atoms with Gasteiger partial charge in [-0.3, -0.25) is 4.79 Å². The van der Waals surface area contributed by atoms with Crippen LogP contribution in [0.2, 0.25) is 0 Å². The van der Waals surface area contributed by atoms with Gasteiger partial charge in [-0.15, -0.1) is 0 Å². The Balaban J connectivity index is 2.41. The van der Waals surface area contributed by atoms with Crippen LogP contribution in [0.5, 0.6) is 5.75 Å². The average Bonchev–Trinajstić information content (AvgIpc) is 2.28. The van der Waals surface area contributed by atoms with Crippen molar-refractivity contribution >= 4 is 17.4 Å². The standard InChI is InChI=1S/C12H15NO4/c1-3-16-11-6-4-10(5-7-11)13-17-12(15)8-9(2)14/h4-7,13H,3,8H2,1-2H3. The van der Waals surface area contributed by atoms with E-state index < -0.39 is 5.97 Å². The van der Waals surface area contributed by atoms with Crippen LogP contribution in [0.15, 0.2) is 24.3 Å². The molecule has 0 bridgehead atoms. The fourth-order valence-electron chi connectivity index (χ4n) is 1.14. The molecule has 0 heterocycles. The van der Waals surface area contributed by atoms with Gasteiger partial charge in [-0.05, 0) is 38.1 Å². The Morgan fingerprint density at radius 3 is 2.41 bits per heavy atom. The summed E-state index contributed by atoms with van der Waals surface area (Å²) < 4.78 is 5.26. The van der Waals surface area contributed by atoms with Crippen molar-refractivity contribution < 1.29 is 19.2 Å². The van der Waals surface area contributed by atoms with E-state index in [9.17, 15) is 9.59 Å². The van der Waals surface area contributed by atoms with Crippen molar-refractivity contribution in [1.29, 1.82) is 0 Å². The summed E-state index contributed by atoms with van der Waals surface area (Å²) in [6.07, 6.45) is -0.232. The highest BCUT2D eigenvalue weighted by Gasteiger charge is 2.06. The zero-order chi connectivity index (χ0) is 12.7. The number of nitrogens with one attached hydrogen (secondary N) is 1. The first-order chi connectivity index (χ1) is 8.11. The molecule has 0 aliphatic heterocycles. The van der Waals surface area contributed by atoms with E-state index in [0.717, 1.165) is 5.75 Å². The molecule has 5 nitrogen and oxygen atoms in total. The Bertz CT molecular complexity index is 386. The summed E-state index contributed by atoms with van der Waals surface area (Å²) in [7, 11) is 0. The van der Waals surface area contributed by atoms with Crippen molar-refractivity contribution in [2.45, 2.75) is 20.3 Å². The van der Waals surface area contributed by atoms with Gasteiger partial charge >= 0.3 is 5.97 Å². The van der Waals surface area contributed by atoms with Crippen LogP contribution in [0.4, 0.5) is 5.69 Å². The first-order valence-electron chi connectivity index (χ1n) is 5.29. The molecule has 0 unspecified atom stereocenters. The molecule has 0 saturated carbocycles.